The van der Waals surface area contributed by atoms with Crippen molar-refractivity contribution in [2.24, 2.45) is 16.8 Å². The minimum atomic E-state index is -1.89. The van der Waals surface area contributed by atoms with Crippen molar-refractivity contribution in [2.45, 2.75) is 108 Å². The molecular weight excluding hydrogens is 846 g/mol. The Kier molecular flexibility index (Phi) is 24.4. The van der Waals surface area contributed by atoms with Gasteiger partial charge >= 0.3 is 17.9 Å². The standard InChI is InChI=1S/C39H53N11O14/c1-4-8-23(34(40)59)46-37(62)26(14-16-32(55)56)48-38(63)27(17-21(2)3)45-29(51)19-42-35(60)24(13-15-31(53)54)47-39(64)28(18-33(57)58)49-36(61)25(44-30(52)20-43-50-41)12-11-22-9-6-5-7-10-22/h1,5-7,9-10,21,23-28H,8,11-20H2,2-3H3,(H2,40,59)(H,42,60)(H,44,52)(H,45,51)(H,46,62)(H,47,64)(H,48,63)(H,49,61)(H,53,54)(H,55,56)(H,57,58)/t23-,24-,25-,26-,27-,28-/m0/s1. The number of azide groups is 1. The van der Waals surface area contributed by atoms with E-state index in [9.17, 15) is 68.1 Å². The zero-order chi connectivity index (χ0) is 48.4. The summed E-state index contributed by atoms with van der Waals surface area (Å²) >= 11 is 0. The summed E-state index contributed by atoms with van der Waals surface area (Å²) in [6.45, 7) is 1.81. The molecule has 0 spiro atoms. The fourth-order valence-electron chi connectivity index (χ4n) is 5.69. The second-order valence-electron chi connectivity index (χ2n) is 14.5. The van der Waals surface area contributed by atoms with Gasteiger partial charge in [0.05, 0.1) is 13.0 Å². The van der Waals surface area contributed by atoms with Crippen molar-refractivity contribution in [3.05, 3.63) is 46.3 Å². The lowest BCUT2D eigenvalue weighted by Gasteiger charge is -2.25. The molecule has 1 rings (SSSR count). The fraction of sp³-hybridized carbons (Fsp3) is 0.513. The van der Waals surface area contributed by atoms with Gasteiger partial charge < -0.3 is 58.3 Å². The molecule has 6 atom stereocenters. The van der Waals surface area contributed by atoms with Crippen LogP contribution in [0, 0.1) is 18.3 Å². The number of terminal acetylenes is 1. The minimum Gasteiger partial charge on any atom is -0.481 e. The van der Waals surface area contributed by atoms with Crippen LogP contribution in [0.15, 0.2) is 35.4 Å². The maximum atomic E-state index is 13.5. The first-order chi connectivity index (χ1) is 30.2. The Balaban J connectivity index is 3.22. The summed E-state index contributed by atoms with van der Waals surface area (Å²) < 4.78 is 0. The average Bonchev–Trinajstić information content (AvgIpc) is 3.22. The average molecular weight is 900 g/mol. The van der Waals surface area contributed by atoms with Crippen LogP contribution < -0.4 is 43.0 Å². The van der Waals surface area contributed by atoms with Crippen molar-refractivity contribution in [3.8, 4) is 12.3 Å². The Morgan fingerprint density at radius 1 is 0.672 bits per heavy atom. The van der Waals surface area contributed by atoms with E-state index in [-0.39, 0.29) is 31.6 Å². The van der Waals surface area contributed by atoms with Crippen LogP contribution in [0.4, 0.5) is 0 Å². The van der Waals surface area contributed by atoms with Gasteiger partial charge in [-0.15, -0.1) is 12.3 Å². The van der Waals surface area contributed by atoms with Gasteiger partial charge in [-0.2, -0.15) is 0 Å². The quantitative estimate of drug-likeness (QED) is 0.0168. The van der Waals surface area contributed by atoms with Crippen molar-refractivity contribution >= 4 is 65.2 Å². The highest BCUT2D eigenvalue weighted by atomic mass is 16.4. The lowest BCUT2D eigenvalue weighted by atomic mass is 10.0. The van der Waals surface area contributed by atoms with Crippen molar-refractivity contribution in [2.75, 3.05) is 13.1 Å². The molecule has 25 heteroatoms. The van der Waals surface area contributed by atoms with Gasteiger partial charge in [0.25, 0.3) is 0 Å². The maximum absolute atomic E-state index is 13.5. The summed E-state index contributed by atoms with van der Waals surface area (Å²) in [7, 11) is 0. The molecule has 0 aliphatic heterocycles. The summed E-state index contributed by atoms with van der Waals surface area (Å²) in [5, 5.41) is 47.1. The number of aryl methyl sites for hydroxylation is 1. The molecule has 12 N–H and O–H groups in total. The van der Waals surface area contributed by atoms with E-state index in [4.69, 9.17) is 17.7 Å². The smallest absolute Gasteiger partial charge is 0.305 e. The molecule has 0 unspecified atom stereocenters. The number of nitrogens with one attached hydrogen (secondary N) is 7. The number of amides is 8. The van der Waals surface area contributed by atoms with Gasteiger partial charge in [-0.1, -0.05) is 49.3 Å². The number of hydrogen-bond acceptors (Lipinski definition) is 12. The molecule has 0 fully saturated rings. The van der Waals surface area contributed by atoms with Crippen molar-refractivity contribution in [1.82, 2.24) is 37.2 Å². The molecule has 0 saturated carbocycles. The first kappa shape index (κ1) is 54.3. The number of benzene rings is 1. The molecular formula is C39H53N11O14. The molecule has 0 heterocycles. The molecule has 1 aromatic carbocycles. The second kappa shape index (κ2) is 28.7. The van der Waals surface area contributed by atoms with Gasteiger partial charge in [0.1, 0.15) is 42.8 Å². The minimum absolute atomic E-state index is 0.0433. The summed E-state index contributed by atoms with van der Waals surface area (Å²) in [6.07, 6.45) is 1.64. The number of hydrogen-bond donors (Lipinski definition) is 11. The van der Waals surface area contributed by atoms with Crippen LogP contribution in [0.2, 0.25) is 0 Å². The van der Waals surface area contributed by atoms with Gasteiger partial charge in [-0.3, -0.25) is 52.7 Å². The summed E-state index contributed by atoms with van der Waals surface area (Å²) in [4.78, 5) is 141. The Hall–Kier alpha value is -7.74. The number of carboxylic acids is 3. The van der Waals surface area contributed by atoms with E-state index in [0.717, 1.165) is 5.56 Å². The third-order valence-electron chi connectivity index (χ3n) is 8.83. The highest BCUT2D eigenvalue weighted by Gasteiger charge is 2.33. The third kappa shape index (κ3) is 22.2. The Morgan fingerprint density at radius 3 is 1.66 bits per heavy atom. The normalized spacial score (nSPS) is 13.3. The van der Waals surface area contributed by atoms with E-state index in [1.165, 1.54) is 0 Å². The number of carbonyl (C=O) groups is 11. The van der Waals surface area contributed by atoms with Gasteiger partial charge in [-0.05, 0) is 49.1 Å². The van der Waals surface area contributed by atoms with E-state index in [1.54, 1.807) is 44.2 Å². The van der Waals surface area contributed by atoms with Crippen LogP contribution in [-0.2, 0) is 59.2 Å². The zero-order valence-electron chi connectivity index (χ0n) is 35.0. The predicted octanol–water partition coefficient (Wildman–Crippen LogP) is -2.29. The largest absolute Gasteiger partial charge is 0.481 e. The highest BCUT2D eigenvalue weighted by molar-refractivity contribution is 5.98. The number of aliphatic carboxylic acids is 3. The van der Waals surface area contributed by atoms with Crippen molar-refractivity contribution in [1.29, 1.82) is 0 Å². The number of rotatable bonds is 30. The van der Waals surface area contributed by atoms with Crippen LogP contribution in [-0.4, -0.2) is 130 Å². The molecule has 0 saturated heterocycles. The van der Waals surface area contributed by atoms with Crippen molar-refractivity contribution in [3.63, 3.8) is 0 Å². The van der Waals surface area contributed by atoms with Crippen molar-refractivity contribution < 1.29 is 68.1 Å². The highest BCUT2D eigenvalue weighted by Crippen LogP contribution is 2.10. The monoisotopic (exact) mass is 899 g/mol. The van der Waals surface area contributed by atoms with Crippen LogP contribution in [0.1, 0.15) is 70.8 Å². The first-order valence-corrected chi connectivity index (χ1v) is 19.7. The van der Waals surface area contributed by atoms with E-state index in [0.29, 0.717) is 0 Å². The molecule has 0 radical (unpaired) electrons. The molecule has 25 nitrogen and oxygen atoms in total. The fourth-order valence-corrected chi connectivity index (χ4v) is 5.69. The summed E-state index contributed by atoms with van der Waals surface area (Å²) in [5.41, 5.74) is 14.6. The second-order valence-corrected chi connectivity index (χ2v) is 14.5. The van der Waals surface area contributed by atoms with Crippen LogP contribution in [0.25, 0.3) is 10.4 Å². The molecule has 8 amide bonds. The molecule has 0 aliphatic carbocycles. The van der Waals surface area contributed by atoms with Gasteiger partial charge in [0, 0.05) is 24.2 Å². The van der Waals surface area contributed by atoms with E-state index < -0.39 is 147 Å². The Bertz CT molecular complexity index is 1950. The van der Waals surface area contributed by atoms with Gasteiger partial charge in [-0.25, -0.2) is 0 Å². The van der Waals surface area contributed by atoms with Gasteiger partial charge in [0.2, 0.25) is 47.3 Å². The lowest BCUT2D eigenvalue weighted by Crippen LogP contribution is -2.58. The van der Waals surface area contributed by atoms with Crippen LogP contribution in [0.3, 0.4) is 0 Å². The predicted molar refractivity (Wildman–Crippen MR) is 221 cm³/mol. The SMILES string of the molecule is C#CC[C@H](NC(=O)[C@H](CCC(=O)O)NC(=O)[C@H](CC(C)C)NC(=O)CNC(=O)[C@H](CCC(=O)O)NC(=O)[C@H](CC(=O)O)NC(=O)[C@H](CCc1ccccc1)NC(=O)CN=[N+]=[N-])C(N)=O. The summed E-state index contributed by atoms with van der Waals surface area (Å²) in [5.74, 6) is -10.6. The van der Waals surface area contributed by atoms with Crippen LogP contribution in [0.5, 0.6) is 0 Å². The third-order valence-corrected chi connectivity index (χ3v) is 8.83. The van der Waals surface area contributed by atoms with E-state index in [2.05, 4.69) is 53.2 Å². The molecule has 64 heavy (non-hydrogen) atoms. The summed E-state index contributed by atoms with van der Waals surface area (Å²) in [6, 6.07) is -0.583. The van der Waals surface area contributed by atoms with Gasteiger partial charge in [0.15, 0.2) is 0 Å². The molecule has 348 valence electrons. The maximum Gasteiger partial charge on any atom is 0.305 e. The number of nitrogens with two attached hydrogens (primary N) is 1. The van der Waals surface area contributed by atoms with E-state index >= 15 is 0 Å². The number of carbonyl (C=O) groups excluding carboxylic acids is 8. The molecule has 0 aliphatic rings. The number of carboxylic acid groups (broad SMARTS) is 3. The lowest BCUT2D eigenvalue weighted by molar-refractivity contribution is -0.141. The topological polar surface area (TPSA) is 407 Å². The number of primary amides is 1. The number of nitrogens with zero attached hydrogens (tertiary/aromatic N) is 3. The zero-order valence-corrected chi connectivity index (χ0v) is 35.0. The van der Waals surface area contributed by atoms with E-state index in [1.807, 2.05) is 0 Å². The Morgan fingerprint density at radius 2 is 1.16 bits per heavy atom. The first-order valence-electron chi connectivity index (χ1n) is 19.7. The Labute approximate surface area is 366 Å². The van der Waals surface area contributed by atoms with Crippen LogP contribution >= 0.6 is 0 Å². The molecule has 1 aromatic rings. The molecule has 0 bridgehead atoms. The molecule has 0 aromatic heterocycles.